The van der Waals surface area contributed by atoms with Crippen LogP contribution in [-0.4, -0.2) is 101 Å². The second-order valence-corrected chi connectivity index (χ2v) is 8.22. The molecule has 2 saturated heterocycles. The third kappa shape index (κ3) is 6.63. The Bertz CT molecular complexity index is 804. The van der Waals surface area contributed by atoms with E-state index in [0.29, 0.717) is 38.8 Å². The van der Waals surface area contributed by atoms with Crippen LogP contribution in [0.1, 0.15) is 39.5 Å². The molecular formula is C20H32N6O7. The third-order valence-electron chi connectivity index (χ3n) is 5.76. The van der Waals surface area contributed by atoms with Gasteiger partial charge in [-0.1, -0.05) is 0 Å². The zero-order chi connectivity index (χ0) is 24.7. The first kappa shape index (κ1) is 26.0. The number of carbonyl (C=O) groups is 6. The Hall–Kier alpha value is -3.22. The number of nitrogens with zero attached hydrogens (tertiary/aromatic N) is 2. The highest BCUT2D eigenvalue weighted by molar-refractivity contribution is 5.95. The number of carboxylic acids is 1. The zero-order valence-electron chi connectivity index (χ0n) is 18.8. The minimum absolute atomic E-state index is 0.258. The lowest BCUT2D eigenvalue weighted by Gasteiger charge is -2.27. The van der Waals surface area contributed by atoms with E-state index in [9.17, 15) is 33.9 Å². The number of rotatable bonds is 9. The van der Waals surface area contributed by atoms with Crippen molar-refractivity contribution in [3.63, 3.8) is 0 Å². The molecule has 2 aliphatic heterocycles. The molecule has 0 aromatic carbocycles. The van der Waals surface area contributed by atoms with E-state index in [0.717, 1.165) is 0 Å². The van der Waals surface area contributed by atoms with Crippen LogP contribution >= 0.6 is 0 Å². The average molecular weight is 469 g/mol. The van der Waals surface area contributed by atoms with Crippen LogP contribution < -0.4 is 21.7 Å². The summed E-state index contributed by atoms with van der Waals surface area (Å²) in [5.74, 6) is -3.62. The number of hydrogen-bond acceptors (Lipinski definition) is 7. The summed E-state index contributed by atoms with van der Waals surface area (Å²) in [7, 11) is 0. The molecule has 2 fully saturated rings. The van der Waals surface area contributed by atoms with Crippen molar-refractivity contribution >= 4 is 35.5 Å². The molecule has 2 aliphatic rings. The van der Waals surface area contributed by atoms with E-state index < -0.39 is 66.2 Å². The van der Waals surface area contributed by atoms with E-state index in [1.54, 1.807) is 0 Å². The number of nitrogens with one attached hydrogen (secondary N) is 3. The molecule has 13 heteroatoms. The van der Waals surface area contributed by atoms with Gasteiger partial charge in [0, 0.05) is 13.1 Å². The predicted molar refractivity (Wildman–Crippen MR) is 114 cm³/mol. The van der Waals surface area contributed by atoms with Gasteiger partial charge >= 0.3 is 5.97 Å². The summed E-state index contributed by atoms with van der Waals surface area (Å²) in [6.45, 7) is 2.95. The minimum Gasteiger partial charge on any atom is -0.480 e. The molecule has 184 valence electrons. The standard InChI is InChI=1S/C20H32N6O7/c1-11(23-15(27)9-21)18(30)25-7-3-5-13(25)17(29)22-10-16(28)24-12(2)19(31)26-8-4-6-14(26)20(32)33/h11-14H,3-10,21H2,1-2H3,(H,22,29)(H,23,27)(H,24,28)(H,32,33). The van der Waals surface area contributed by atoms with Gasteiger partial charge in [-0.25, -0.2) is 4.79 Å². The van der Waals surface area contributed by atoms with Crippen LogP contribution in [0.3, 0.4) is 0 Å². The smallest absolute Gasteiger partial charge is 0.326 e. The second-order valence-electron chi connectivity index (χ2n) is 8.22. The molecule has 5 amide bonds. The summed E-state index contributed by atoms with van der Waals surface area (Å²) in [5, 5.41) is 16.6. The molecule has 2 rings (SSSR count). The van der Waals surface area contributed by atoms with E-state index in [2.05, 4.69) is 16.0 Å². The van der Waals surface area contributed by atoms with Crippen molar-refractivity contribution < 1.29 is 33.9 Å². The molecule has 0 aromatic rings. The molecule has 2 heterocycles. The number of likely N-dealkylation sites (tertiary alicyclic amines) is 2. The fraction of sp³-hybridized carbons (Fsp3) is 0.700. The molecule has 0 spiro atoms. The highest BCUT2D eigenvalue weighted by Gasteiger charge is 2.37. The fourth-order valence-corrected chi connectivity index (χ4v) is 4.09. The Morgan fingerprint density at radius 2 is 1.36 bits per heavy atom. The van der Waals surface area contributed by atoms with Crippen molar-refractivity contribution in [1.82, 2.24) is 25.8 Å². The van der Waals surface area contributed by atoms with Crippen molar-refractivity contribution in [3.8, 4) is 0 Å². The van der Waals surface area contributed by atoms with Gasteiger partial charge < -0.3 is 36.6 Å². The first-order valence-corrected chi connectivity index (χ1v) is 11.0. The van der Waals surface area contributed by atoms with Gasteiger partial charge in [-0.05, 0) is 39.5 Å². The lowest BCUT2D eigenvalue weighted by molar-refractivity contribution is -0.149. The monoisotopic (exact) mass is 468 g/mol. The summed E-state index contributed by atoms with van der Waals surface area (Å²) >= 11 is 0. The van der Waals surface area contributed by atoms with Crippen LogP contribution in [0, 0.1) is 0 Å². The summed E-state index contributed by atoms with van der Waals surface area (Å²) in [5.41, 5.74) is 5.24. The zero-order valence-corrected chi connectivity index (χ0v) is 18.8. The Balaban J connectivity index is 1.84. The van der Waals surface area contributed by atoms with Crippen molar-refractivity contribution in [2.45, 2.75) is 63.7 Å². The Morgan fingerprint density at radius 3 is 1.88 bits per heavy atom. The number of nitrogens with two attached hydrogens (primary N) is 1. The molecule has 33 heavy (non-hydrogen) atoms. The van der Waals surface area contributed by atoms with Crippen LogP contribution in [0.25, 0.3) is 0 Å². The first-order valence-electron chi connectivity index (χ1n) is 11.0. The van der Waals surface area contributed by atoms with Gasteiger partial charge in [-0.15, -0.1) is 0 Å². The van der Waals surface area contributed by atoms with Crippen molar-refractivity contribution in [2.24, 2.45) is 5.73 Å². The van der Waals surface area contributed by atoms with E-state index >= 15 is 0 Å². The van der Waals surface area contributed by atoms with Gasteiger partial charge in [0.2, 0.25) is 29.5 Å². The molecule has 13 nitrogen and oxygen atoms in total. The van der Waals surface area contributed by atoms with Gasteiger partial charge in [0.15, 0.2) is 0 Å². The number of aliphatic carboxylic acids is 1. The van der Waals surface area contributed by atoms with E-state index in [-0.39, 0.29) is 6.54 Å². The fourth-order valence-electron chi connectivity index (χ4n) is 4.09. The van der Waals surface area contributed by atoms with Crippen LogP contribution in [-0.2, 0) is 28.8 Å². The Labute approximate surface area is 191 Å². The molecule has 0 radical (unpaired) electrons. The van der Waals surface area contributed by atoms with Gasteiger partial charge in [-0.3, -0.25) is 24.0 Å². The molecule has 0 saturated carbocycles. The van der Waals surface area contributed by atoms with Crippen molar-refractivity contribution in [1.29, 1.82) is 0 Å². The normalized spacial score (nSPS) is 21.8. The summed E-state index contributed by atoms with van der Waals surface area (Å²) in [6, 6.07) is -3.47. The Morgan fingerprint density at radius 1 is 0.879 bits per heavy atom. The summed E-state index contributed by atoms with van der Waals surface area (Å²) in [4.78, 5) is 75.2. The number of hydrogen-bond donors (Lipinski definition) is 5. The maximum absolute atomic E-state index is 12.6. The van der Waals surface area contributed by atoms with Crippen LogP contribution in [0.4, 0.5) is 0 Å². The first-order chi connectivity index (χ1) is 15.6. The van der Waals surface area contributed by atoms with E-state index in [1.807, 2.05) is 0 Å². The van der Waals surface area contributed by atoms with Crippen LogP contribution in [0.5, 0.6) is 0 Å². The largest absolute Gasteiger partial charge is 0.480 e. The topological polar surface area (TPSA) is 191 Å². The van der Waals surface area contributed by atoms with Crippen molar-refractivity contribution in [2.75, 3.05) is 26.2 Å². The molecular weight excluding hydrogens is 436 g/mol. The number of carboxylic acid groups (broad SMARTS) is 1. The van der Waals surface area contributed by atoms with Gasteiger partial charge in [-0.2, -0.15) is 0 Å². The maximum atomic E-state index is 12.6. The van der Waals surface area contributed by atoms with E-state index in [4.69, 9.17) is 5.73 Å². The highest BCUT2D eigenvalue weighted by atomic mass is 16.4. The lowest BCUT2D eigenvalue weighted by atomic mass is 10.2. The molecule has 0 aliphatic carbocycles. The molecule has 4 atom stereocenters. The average Bonchev–Trinajstić information content (AvgIpc) is 3.46. The number of amides is 5. The minimum atomic E-state index is -1.08. The molecule has 0 aromatic heterocycles. The maximum Gasteiger partial charge on any atom is 0.326 e. The van der Waals surface area contributed by atoms with E-state index in [1.165, 1.54) is 23.6 Å². The molecule has 0 bridgehead atoms. The van der Waals surface area contributed by atoms with Crippen LogP contribution in [0.2, 0.25) is 0 Å². The SMILES string of the molecule is CC(NC(=O)CNC(=O)C1CCCN1C(=O)C(C)NC(=O)CN)C(=O)N1CCCC1C(=O)O. The molecule has 6 N–H and O–H groups in total. The quantitative estimate of drug-likeness (QED) is 0.238. The van der Waals surface area contributed by atoms with Crippen molar-refractivity contribution in [3.05, 3.63) is 0 Å². The van der Waals surface area contributed by atoms with Gasteiger partial charge in [0.25, 0.3) is 0 Å². The highest BCUT2D eigenvalue weighted by Crippen LogP contribution is 2.19. The third-order valence-corrected chi connectivity index (χ3v) is 5.76. The van der Waals surface area contributed by atoms with Gasteiger partial charge in [0.1, 0.15) is 24.2 Å². The lowest BCUT2D eigenvalue weighted by Crippen LogP contribution is -2.55. The molecule has 4 unspecified atom stereocenters. The van der Waals surface area contributed by atoms with Crippen LogP contribution in [0.15, 0.2) is 0 Å². The second kappa shape index (κ2) is 11.6. The number of carbonyl (C=O) groups excluding carboxylic acids is 5. The Kier molecular flexibility index (Phi) is 9.14. The van der Waals surface area contributed by atoms with Gasteiger partial charge in [0.05, 0.1) is 13.1 Å². The summed E-state index contributed by atoms with van der Waals surface area (Å²) in [6.07, 6.45) is 1.95. The predicted octanol–water partition coefficient (Wildman–Crippen LogP) is -2.86. The summed E-state index contributed by atoms with van der Waals surface area (Å²) < 4.78 is 0.